The lowest BCUT2D eigenvalue weighted by Crippen LogP contribution is -2.51. The molecule has 0 aromatic carbocycles. The van der Waals surface area contributed by atoms with Gasteiger partial charge in [0.05, 0.1) is 0 Å². The van der Waals surface area contributed by atoms with Gasteiger partial charge in [-0.1, -0.05) is 68.7 Å². The monoisotopic (exact) mass is 355 g/mol. The van der Waals surface area contributed by atoms with E-state index in [-0.39, 0.29) is 17.1 Å². The van der Waals surface area contributed by atoms with Crippen LogP contribution in [0.5, 0.6) is 0 Å². The van der Waals surface area contributed by atoms with Crippen molar-refractivity contribution in [3.8, 4) is 0 Å². The first-order valence-electron chi connectivity index (χ1n) is 9.74. The van der Waals surface area contributed by atoms with Gasteiger partial charge in [0, 0.05) is 16.4 Å². The summed E-state index contributed by atoms with van der Waals surface area (Å²) < 4.78 is 0. The smallest absolute Gasteiger partial charge is 0.226 e. The van der Waals surface area contributed by atoms with Gasteiger partial charge in [-0.2, -0.15) is 0 Å². The lowest BCUT2D eigenvalue weighted by molar-refractivity contribution is -0.133. The molecule has 0 fully saturated rings. The minimum Gasteiger partial charge on any atom is -0.351 e. The third-order valence-corrected chi connectivity index (χ3v) is 4.40. The normalized spacial score (nSPS) is 13.0. The van der Waals surface area contributed by atoms with Crippen molar-refractivity contribution in [2.24, 2.45) is 16.2 Å². The van der Waals surface area contributed by atoms with Gasteiger partial charge in [-0.15, -0.1) is 0 Å². The van der Waals surface area contributed by atoms with Crippen molar-refractivity contribution in [1.82, 2.24) is 5.32 Å². The van der Waals surface area contributed by atoms with E-state index < -0.39 is 16.4 Å². The second-order valence-corrected chi connectivity index (χ2v) is 10.6. The Bertz CT molecular complexity index is 426. The number of amides is 1. The standard InChI is InChI=1S/C19H37NO2.C3H8/c1-14(21)18(7,8)13-19(9,10)20-15(22)17(5,6)12-11-16(2,3)4;1-3-2/h11-13H2,1-10H3,(H,20,22);3H2,1-2H3. The number of carbonyl (C=O) groups is 2. The number of carbonyl (C=O) groups excluding carboxylic acids is 2. The molecule has 150 valence electrons. The van der Waals surface area contributed by atoms with Crippen LogP contribution >= 0.6 is 0 Å². The summed E-state index contributed by atoms with van der Waals surface area (Å²) in [6.07, 6.45) is 3.75. The quantitative estimate of drug-likeness (QED) is 0.595. The minimum atomic E-state index is -0.424. The molecule has 1 amide bonds. The van der Waals surface area contributed by atoms with Crippen molar-refractivity contribution in [3.63, 3.8) is 0 Å². The van der Waals surface area contributed by atoms with Gasteiger partial charge in [0.1, 0.15) is 5.78 Å². The average Bonchev–Trinajstić information content (AvgIpc) is 2.34. The molecule has 0 radical (unpaired) electrons. The van der Waals surface area contributed by atoms with Crippen LogP contribution < -0.4 is 5.32 Å². The van der Waals surface area contributed by atoms with E-state index in [0.29, 0.717) is 6.42 Å². The van der Waals surface area contributed by atoms with Crippen molar-refractivity contribution in [3.05, 3.63) is 0 Å². The van der Waals surface area contributed by atoms with Crippen LogP contribution in [0.25, 0.3) is 0 Å². The largest absolute Gasteiger partial charge is 0.351 e. The fourth-order valence-corrected chi connectivity index (χ4v) is 2.55. The maximum Gasteiger partial charge on any atom is 0.226 e. The van der Waals surface area contributed by atoms with Gasteiger partial charge in [0.2, 0.25) is 5.91 Å². The Hall–Kier alpha value is -0.860. The number of Topliss-reactive ketones (excluding diaryl/α,β-unsaturated/α-hetero) is 1. The first-order valence-corrected chi connectivity index (χ1v) is 9.74. The summed E-state index contributed by atoms with van der Waals surface area (Å²) in [6.45, 7) is 24.3. The Morgan fingerprint density at radius 1 is 0.760 bits per heavy atom. The molecule has 0 saturated heterocycles. The Labute approximate surface area is 157 Å². The second-order valence-electron chi connectivity index (χ2n) is 10.6. The Morgan fingerprint density at radius 2 is 1.16 bits per heavy atom. The predicted molar refractivity (Wildman–Crippen MR) is 110 cm³/mol. The van der Waals surface area contributed by atoms with E-state index in [1.165, 1.54) is 6.42 Å². The molecule has 0 aromatic heterocycles. The molecule has 0 atom stereocenters. The van der Waals surface area contributed by atoms with E-state index in [0.717, 1.165) is 12.8 Å². The summed E-state index contributed by atoms with van der Waals surface area (Å²) in [5.41, 5.74) is -0.994. The highest BCUT2D eigenvalue weighted by Gasteiger charge is 2.37. The van der Waals surface area contributed by atoms with E-state index >= 15 is 0 Å². The van der Waals surface area contributed by atoms with E-state index in [9.17, 15) is 9.59 Å². The number of hydrogen-bond acceptors (Lipinski definition) is 2. The summed E-state index contributed by atoms with van der Waals surface area (Å²) in [7, 11) is 0. The molecule has 0 aromatic rings. The van der Waals surface area contributed by atoms with Crippen molar-refractivity contribution >= 4 is 11.7 Å². The van der Waals surface area contributed by atoms with Crippen LogP contribution in [0.3, 0.4) is 0 Å². The van der Waals surface area contributed by atoms with Crippen LogP contribution in [-0.4, -0.2) is 17.2 Å². The molecule has 0 aliphatic carbocycles. The van der Waals surface area contributed by atoms with Gasteiger partial charge in [-0.05, 0) is 45.4 Å². The highest BCUT2D eigenvalue weighted by Crippen LogP contribution is 2.33. The zero-order valence-corrected chi connectivity index (χ0v) is 19.1. The minimum absolute atomic E-state index is 0.0705. The molecule has 0 heterocycles. The zero-order valence-electron chi connectivity index (χ0n) is 19.1. The molecule has 0 saturated carbocycles. The zero-order chi connectivity index (χ0) is 20.7. The van der Waals surface area contributed by atoms with E-state index in [2.05, 4.69) is 39.9 Å². The first-order chi connectivity index (χ1) is 10.9. The van der Waals surface area contributed by atoms with Crippen molar-refractivity contribution < 1.29 is 9.59 Å². The summed E-state index contributed by atoms with van der Waals surface area (Å²) in [5.74, 6) is 0.225. The van der Waals surface area contributed by atoms with Crippen LogP contribution in [0.2, 0.25) is 0 Å². The molecule has 3 nitrogen and oxygen atoms in total. The molecule has 0 rings (SSSR count). The molecule has 3 heteroatoms. The highest BCUT2D eigenvalue weighted by molar-refractivity contribution is 5.83. The Balaban J connectivity index is 0. The van der Waals surface area contributed by atoms with Gasteiger partial charge in [0.25, 0.3) is 0 Å². The first kappa shape index (κ1) is 26.4. The molecule has 0 spiro atoms. The van der Waals surface area contributed by atoms with Gasteiger partial charge in [0.15, 0.2) is 0 Å². The Morgan fingerprint density at radius 3 is 1.48 bits per heavy atom. The predicted octanol–water partition coefficient (Wildman–Crippen LogP) is 6.16. The number of nitrogens with one attached hydrogen (secondary N) is 1. The van der Waals surface area contributed by atoms with Gasteiger partial charge in [-0.3, -0.25) is 9.59 Å². The molecule has 0 bridgehead atoms. The average molecular weight is 356 g/mol. The van der Waals surface area contributed by atoms with Crippen molar-refractivity contribution in [2.75, 3.05) is 0 Å². The molecular formula is C22H45NO2. The third kappa shape index (κ3) is 12.2. The number of ketones is 1. The lowest BCUT2D eigenvalue weighted by Gasteiger charge is -2.37. The summed E-state index contributed by atoms with van der Waals surface area (Å²) >= 11 is 0. The van der Waals surface area contributed by atoms with Gasteiger partial charge in [-0.25, -0.2) is 0 Å². The molecular weight excluding hydrogens is 310 g/mol. The van der Waals surface area contributed by atoms with Crippen LogP contribution in [0.1, 0.15) is 109 Å². The SMILES string of the molecule is CC(=O)C(C)(C)CC(C)(C)NC(=O)C(C)(C)CCC(C)(C)C.CCC. The number of hydrogen-bond donors (Lipinski definition) is 1. The topological polar surface area (TPSA) is 46.2 Å². The fourth-order valence-electron chi connectivity index (χ4n) is 2.55. The van der Waals surface area contributed by atoms with Crippen LogP contribution in [-0.2, 0) is 9.59 Å². The molecule has 1 N–H and O–H groups in total. The van der Waals surface area contributed by atoms with E-state index in [4.69, 9.17) is 0 Å². The van der Waals surface area contributed by atoms with Crippen molar-refractivity contribution in [1.29, 1.82) is 0 Å². The van der Waals surface area contributed by atoms with E-state index in [1.54, 1.807) is 6.92 Å². The molecule has 0 aliphatic heterocycles. The molecule has 0 aliphatic rings. The molecule has 0 unspecified atom stereocenters. The van der Waals surface area contributed by atoms with Gasteiger partial charge < -0.3 is 5.32 Å². The van der Waals surface area contributed by atoms with Crippen LogP contribution in [0.15, 0.2) is 0 Å². The summed E-state index contributed by atoms with van der Waals surface area (Å²) in [6, 6.07) is 0. The summed E-state index contributed by atoms with van der Waals surface area (Å²) in [4.78, 5) is 24.4. The maximum atomic E-state index is 12.7. The van der Waals surface area contributed by atoms with Gasteiger partial charge >= 0.3 is 0 Å². The number of rotatable bonds is 7. The van der Waals surface area contributed by atoms with Crippen molar-refractivity contribution in [2.45, 2.75) is 114 Å². The van der Waals surface area contributed by atoms with E-state index in [1.807, 2.05) is 41.5 Å². The van der Waals surface area contributed by atoms with Crippen LogP contribution in [0, 0.1) is 16.2 Å². The summed E-state index contributed by atoms with van der Waals surface area (Å²) in [5, 5.41) is 3.15. The maximum absolute atomic E-state index is 12.7. The Kier molecular flexibility index (Phi) is 10.3. The fraction of sp³-hybridized carbons (Fsp3) is 0.909. The lowest BCUT2D eigenvalue weighted by atomic mass is 9.76. The third-order valence-electron chi connectivity index (χ3n) is 4.40. The van der Waals surface area contributed by atoms with Crippen LogP contribution in [0.4, 0.5) is 0 Å². The second kappa shape index (κ2) is 9.73. The molecule has 25 heavy (non-hydrogen) atoms. The highest BCUT2D eigenvalue weighted by atomic mass is 16.2.